The molecule has 7 heteroatoms. The molecule has 0 heterocycles. The Labute approximate surface area is 185 Å². The van der Waals surface area contributed by atoms with E-state index in [0.29, 0.717) is 22.6 Å². The van der Waals surface area contributed by atoms with Crippen LogP contribution in [0.25, 0.3) is 0 Å². The first-order valence-corrected chi connectivity index (χ1v) is 10.6. The molecule has 0 amide bonds. The molecule has 1 saturated carbocycles. The van der Waals surface area contributed by atoms with Gasteiger partial charge in [0.2, 0.25) is 11.6 Å². The van der Waals surface area contributed by atoms with Gasteiger partial charge in [0.1, 0.15) is 16.5 Å². The normalized spacial score (nSPS) is 18.7. The van der Waals surface area contributed by atoms with E-state index in [4.69, 9.17) is 32.7 Å². The Morgan fingerprint density at radius 3 is 2.40 bits per heavy atom. The van der Waals surface area contributed by atoms with Crippen molar-refractivity contribution in [2.45, 2.75) is 44.1 Å². The second-order valence-corrected chi connectivity index (χ2v) is 8.16. The average Bonchev–Trinajstić information content (AvgIpc) is 2.77. The van der Waals surface area contributed by atoms with Gasteiger partial charge in [-0.3, -0.25) is 9.59 Å². The lowest BCUT2D eigenvalue weighted by molar-refractivity contribution is -0.114. The third-order valence-electron chi connectivity index (χ3n) is 5.57. The van der Waals surface area contributed by atoms with Gasteiger partial charge in [-0.15, -0.1) is 0 Å². The zero-order valence-corrected chi connectivity index (χ0v) is 18.4. The number of aliphatic hydroxyl groups is 1. The Morgan fingerprint density at radius 1 is 1.03 bits per heavy atom. The fourth-order valence-corrected chi connectivity index (χ4v) is 4.43. The van der Waals surface area contributed by atoms with Crippen LogP contribution in [-0.4, -0.2) is 37.0 Å². The van der Waals surface area contributed by atoms with Crippen LogP contribution in [0.15, 0.2) is 30.3 Å². The largest absolute Gasteiger partial charge is 0.496 e. The molecule has 1 aliphatic rings. The van der Waals surface area contributed by atoms with E-state index in [1.807, 2.05) is 6.07 Å². The van der Waals surface area contributed by atoms with Crippen LogP contribution in [0.4, 0.5) is 0 Å². The Bertz CT molecular complexity index is 957. The second kappa shape index (κ2) is 9.82. The molecule has 0 radical (unpaired) electrons. The van der Waals surface area contributed by atoms with Gasteiger partial charge in [0.15, 0.2) is 0 Å². The molecule has 0 aliphatic heterocycles. The fraction of sp³-hybridized carbons (Fsp3) is 0.391. The fourth-order valence-electron chi connectivity index (χ4n) is 3.93. The topological polar surface area (TPSA) is 72.8 Å². The molecule has 5 nitrogen and oxygen atoms in total. The van der Waals surface area contributed by atoms with E-state index in [1.165, 1.54) is 20.3 Å². The van der Waals surface area contributed by atoms with Crippen molar-refractivity contribution < 1.29 is 24.2 Å². The third kappa shape index (κ3) is 4.64. The molecule has 3 rings (SSSR count). The van der Waals surface area contributed by atoms with Crippen LogP contribution in [-0.2, 0) is 11.2 Å². The molecule has 0 unspecified atom stereocenters. The van der Waals surface area contributed by atoms with Crippen LogP contribution in [0, 0.1) is 0 Å². The van der Waals surface area contributed by atoms with Crippen molar-refractivity contribution in [1.82, 2.24) is 0 Å². The first-order valence-electron chi connectivity index (χ1n) is 9.81. The van der Waals surface area contributed by atoms with Crippen LogP contribution in [0.1, 0.15) is 53.1 Å². The summed E-state index contributed by atoms with van der Waals surface area (Å²) in [6, 6.07) is 8.49. The maximum Gasteiger partial charge on any atom is 0.228 e. The van der Waals surface area contributed by atoms with Crippen molar-refractivity contribution in [3.8, 4) is 11.5 Å². The number of ketones is 2. The highest BCUT2D eigenvalue weighted by Gasteiger charge is 2.27. The number of rotatable bonds is 7. The maximum absolute atomic E-state index is 12.8. The van der Waals surface area contributed by atoms with Crippen molar-refractivity contribution in [1.29, 1.82) is 0 Å². The highest BCUT2D eigenvalue weighted by Crippen LogP contribution is 2.41. The number of carbonyl (C=O) groups is 2. The van der Waals surface area contributed by atoms with Gasteiger partial charge in [0, 0.05) is 29.5 Å². The molecule has 0 aromatic heterocycles. The minimum atomic E-state index is -0.627. The standard InChI is InChI=1S/C23H24Cl2O5/c1-29-19-12-20(30-2)22(25)21(24)16(19)11-18(27)23(28)14-7-5-6-13(10-14)15-8-3-4-9-17(15)26/h5-7,10,12,15,17,26H,3-4,8-9,11H2,1-2H3/t15-,17+/m0/s1. The molecule has 2 aromatic rings. The van der Waals surface area contributed by atoms with Crippen LogP contribution in [0.2, 0.25) is 10.0 Å². The van der Waals surface area contributed by atoms with Crippen molar-refractivity contribution in [2.24, 2.45) is 0 Å². The molecular weight excluding hydrogens is 427 g/mol. The smallest absolute Gasteiger partial charge is 0.228 e. The van der Waals surface area contributed by atoms with Crippen LogP contribution < -0.4 is 9.47 Å². The molecule has 30 heavy (non-hydrogen) atoms. The van der Waals surface area contributed by atoms with Crippen LogP contribution in [0.3, 0.4) is 0 Å². The first kappa shape index (κ1) is 22.6. The third-order valence-corrected chi connectivity index (χ3v) is 6.46. The summed E-state index contributed by atoms with van der Waals surface area (Å²) in [4.78, 5) is 25.6. The number of carbonyl (C=O) groups excluding carboxylic acids is 2. The second-order valence-electron chi connectivity index (χ2n) is 7.40. The van der Waals surface area contributed by atoms with Gasteiger partial charge < -0.3 is 14.6 Å². The molecule has 160 valence electrons. The molecule has 0 spiro atoms. The summed E-state index contributed by atoms with van der Waals surface area (Å²) >= 11 is 12.5. The quantitative estimate of drug-likeness (QED) is 0.473. The predicted octanol–water partition coefficient (Wildman–Crippen LogP) is 5.02. The van der Waals surface area contributed by atoms with E-state index >= 15 is 0 Å². The summed E-state index contributed by atoms with van der Waals surface area (Å²) in [5.74, 6) is -0.622. The molecule has 1 fully saturated rings. The number of hydrogen-bond acceptors (Lipinski definition) is 5. The summed E-state index contributed by atoms with van der Waals surface area (Å²) in [7, 11) is 2.88. The van der Waals surface area contributed by atoms with E-state index in [-0.39, 0.29) is 22.4 Å². The van der Waals surface area contributed by atoms with E-state index in [1.54, 1.807) is 18.2 Å². The van der Waals surface area contributed by atoms with Gasteiger partial charge in [-0.1, -0.05) is 54.2 Å². The molecule has 2 atom stereocenters. The van der Waals surface area contributed by atoms with Gasteiger partial charge in [0.05, 0.1) is 25.3 Å². The Balaban J connectivity index is 1.84. The van der Waals surface area contributed by atoms with E-state index in [2.05, 4.69) is 0 Å². The first-order chi connectivity index (χ1) is 14.4. The lowest BCUT2D eigenvalue weighted by Crippen LogP contribution is -2.23. The number of Topliss-reactive ketones (excluding diaryl/α,β-unsaturated/α-hetero) is 2. The Morgan fingerprint density at radius 2 is 1.73 bits per heavy atom. The van der Waals surface area contributed by atoms with E-state index < -0.39 is 17.7 Å². The molecular formula is C23H24Cl2O5. The minimum absolute atomic E-state index is 0.0171. The minimum Gasteiger partial charge on any atom is -0.496 e. The molecule has 0 saturated heterocycles. The summed E-state index contributed by atoms with van der Waals surface area (Å²) in [5, 5.41) is 10.6. The van der Waals surface area contributed by atoms with Crippen molar-refractivity contribution in [3.05, 3.63) is 57.1 Å². The van der Waals surface area contributed by atoms with Crippen molar-refractivity contribution in [3.63, 3.8) is 0 Å². The maximum atomic E-state index is 12.8. The van der Waals surface area contributed by atoms with Gasteiger partial charge in [0.25, 0.3) is 0 Å². The Kier molecular flexibility index (Phi) is 7.40. The predicted molar refractivity (Wildman–Crippen MR) is 116 cm³/mol. The van der Waals surface area contributed by atoms with Crippen molar-refractivity contribution in [2.75, 3.05) is 14.2 Å². The summed E-state index contributed by atoms with van der Waals surface area (Å²) in [5.41, 5.74) is 1.51. The molecule has 0 bridgehead atoms. The summed E-state index contributed by atoms with van der Waals surface area (Å²) < 4.78 is 10.5. The zero-order valence-electron chi connectivity index (χ0n) is 16.9. The highest BCUT2D eigenvalue weighted by molar-refractivity contribution is 6.46. The highest BCUT2D eigenvalue weighted by atomic mass is 35.5. The molecule has 1 aliphatic carbocycles. The van der Waals surface area contributed by atoms with Crippen LogP contribution in [0.5, 0.6) is 11.5 Å². The van der Waals surface area contributed by atoms with Crippen LogP contribution >= 0.6 is 23.2 Å². The molecule has 1 N–H and O–H groups in total. The zero-order chi connectivity index (χ0) is 21.8. The van der Waals surface area contributed by atoms with Gasteiger partial charge in [-0.05, 0) is 24.5 Å². The van der Waals surface area contributed by atoms with Gasteiger partial charge in [-0.25, -0.2) is 0 Å². The lowest BCUT2D eigenvalue weighted by atomic mass is 9.81. The number of hydrogen-bond donors (Lipinski definition) is 1. The van der Waals surface area contributed by atoms with Crippen molar-refractivity contribution >= 4 is 34.8 Å². The Hall–Kier alpha value is -2.08. The van der Waals surface area contributed by atoms with Gasteiger partial charge in [-0.2, -0.15) is 0 Å². The number of ether oxygens (including phenoxy) is 2. The number of aliphatic hydroxyl groups excluding tert-OH is 1. The summed E-state index contributed by atoms with van der Waals surface area (Å²) in [6.07, 6.45) is 2.98. The average molecular weight is 451 g/mol. The molecule has 2 aromatic carbocycles. The lowest BCUT2D eigenvalue weighted by Gasteiger charge is -2.28. The summed E-state index contributed by atoms with van der Waals surface area (Å²) in [6.45, 7) is 0. The van der Waals surface area contributed by atoms with E-state index in [0.717, 1.165) is 31.2 Å². The van der Waals surface area contributed by atoms with Gasteiger partial charge >= 0.3 is 0 Å². The van der Waals surface area contributed by atoms with E-state index in [9.17, 15) is 14.7 Å². The number of benzene rings is 2. The monoisotopic (exact) mass is 450 g/mol. The number of halogens is 2. The SMILES string of the molecule is COc1cc(OC)c(CC(=O)C(=O)c2cccc([C@@H]3CCCC[C@H]3O)c2)c(Cl)c1Cl. The number of methoxy groups -OCH3 is 2.